The molecule has 3 rings (SSSR count). The quantitative estimate of drug-likeness (QED) is 0.463. The first-order valence-corrected chi connectivity index (χ1v) is 9.03. The molecule has 0 radical (unpaired) electrons. The van der Waals surface area contributed by atoms with E-state index in [-0.39, 0.29) is 16.1 Å². The molecular formula is C19H13F3N2O4S. The zero-order valence-corrected chi connectivity index (χ0v) is 15.7. The average Bonchev–Trinajstić information content (AvgIpc) is 3.19. The number of nitrogens with zero attached hydrogens (tertiary/aromatic N) is 2. The van der Waals surface area contributed by atoms with Gasteiger partial charge in [-0.25, -0.2) is 9.48 Å². The number of hydrogen-bond donors (Lipinski definition) is 0. The fourth-order valence-corrected chi connectivity index (χ4v) is 3.35. The molecule has 0 unspecified atom stereocenters. The second-order valence-corrected chi connectivity index (χ2v) is 6.80. The van der Waals surface area contributed by atoms with E-state index in [1.165, 1.54) is 18.6 Å². The minimum atomic E-state index is -4.91. The van der Waals surface area contributed by atoms with Crippen molar-refractivity contribution in [2.75, 3.05) is 7.11 Å². The molecule has 0 aliphatic carbocycles. The van der Waals surface area contributed by atoms with E-state index in [1.54, 1.807) is 30.3 Å². The molecule has 0 amide bonds. The summed E-state index contributed by atoms with van der Waals surface area (Å²) in [7, 11) is 1.18. The molecule has 3 aromatic rings. The van der Waals surface area contributed by atoms with Gasteiger partial charge in [-0.1, -0.05) is 30.3 Å². The van der Waals surface area contributed by atoms with Crippen LogP contribution in [-0.4, -0.2) is 28.6 Å². The third-order valence-electron chi connectivity index (χ3n) is 3.95. The van der Waals surface area contributed by atoms with Gasteiger partial charge in [0.2, 0.25) is 0 Å². The lowest BCUT2D eigenvalue weighted by Gasteiger charge is -2.12. The zero-order chi connectivity index (χ0) is 21.2. The van der Waals surface area contributed by atoms with E-state index < -0.39 is 35.6 Å². The average molecular weight is 422 g/mol. The van der Waals surface area contributed by atoms with Crippen LogP contribution < -0.4 is 5.56 Å². The molecule has 0 aliphatic heterocycles. The van der Waals surface area contributed by atoms with E-state index in [1.807, 2.05) is 0 Å². The number of carbonyl (C=O) groups is 2. The van der Waals surface area contributed by atoms with Crippen molar-refractivity contribution in [3.8, 4) is 11.3 Å². The molecule has 0 fully saturated rings. The van der Waals surface area contributed by atoms with E-state index in [9.17, 15) is 27.6 Å². The molecule has 0 atom stereocenters. The minimum Gasteiger partial charge on any atom is -0.465 e. The van der Waals surface area contributed by atoms with Crippen molar-refractivity contribution in [2.45, 2.75) is 12.7 Å². The number of alkyl halides is 3. The number of methoxy groups -OCH3 is 1. The molecule has 0 spiro atoms. The fourth-order valence-electron chi connectivity index (χ4n) is 2.52. The lowest BCUT2D eigenvalue weighted by molar-refractivity contribution is -0.139. The monoisotopic (exact) mass is 422 g/mol. The molecule has 0 saturated carbocycles. The van der Waals surface area contributed by atoms with Crippen LogP contribution in [0.1, 0.15) is 25.6 Å². The predicted molar refractivity (Wildman–Crippen MR) is 98.9 cm³/mol. The number of benzene rings is 1. The van der Waals surface area contributed by atoms with Crippen molar-refractivity contribution < 1.29 is 27.5 Å². The smallest absolute Gasteiger partial charge is 0.421 e. The summed E-state index contributed by atoms with van der Waals surface area (Å²) < 4.78 is 45.1. The maximum Gasteiger partial charge on any atom is 0.421 e. The standard InChI is InChI=1S/C19H13F3N2O4S/c1-28-18(27)16-7-12(10-29-16)15(25)9-24-17(26)13(19(20,21)22)8-14(23-24)11-5-3-2-4-6-11/h2-8,10H,9H2,1H3. The second kappa shape index (κ2) is 8.00. The Kier molecular flexibility index (Phi) is 5.64. The molecule has 0 N–H and O–H groups in total. The third-order valence-corrected chi connectivity index (χ3v) is 4.86. The summed E-state index contributed by atoms with van der Waals surface area (Å²) in [6.07, 6.45) is -4.91. The van der Waals surface area contributed by atoms with Crippen LogP contribution in [0.25, 0.3) is 11.3 Å². The summed E-state index contributed by atoms with van der Waals surface area (Å²) in [5, 5.41) is 5.30. The number of thiophene rings is 1. The van der Waals surface area contributed by atoms with E-state index in [2.05, 4.69) is 9.84 Å². The molecule has 10 heteroatoms. The van der Waals surface area contributed by atoms with Gasteiger partial charge >= 0.3 is 12.1 Å². The van der Waals surface area contributed by atoms with Gasteiger partial charge in [-0.15, -0.1) is 11.3 Å². The highest BCUT2D eigenvalue weighted by Crippen LogP contribution is 2.29. The summed E-state index contributed by atoms with van der Waals surface area (Å²) in [5.74, 6) is -1.31. The highest BCUT2D eigenvalue weighted by Gasteiger charge is 2.36. The number of rotatable bonds is 5. The van der Waals surface area contributed by atoms with Crippen molar-refractivity contribution in [1.82, 2.24) is 9.78 Å². The van der Waals surface area contributed by atoms with Gasteiger partial charge in [0.05, 0.1) is 12.8 Å². The number of Topliss-reactive ketones (excluding diaryl/α,β-unsaturated/α-hetero) is 1. The van der Waals surface area contributed by atoms with Crippen LogP contribution in [0.3, 0.4) is 0 Å². The van der Waals surface area contributed by atoms with Crippen molar-refractivity contribution in [1.29, 1.82) is 0 Å². The van der Waals surface area contributed by atoms with Crippen molar-refractivity contribution in [2.24, 2.45) is 0 Å². The summed E-state index contributed by atoms with van der Waals surface area (Å²) >= 11 is 0.950. The SMILES string of the molecule is COC(=O)c1cc(C(=O)Cn2nc(-c3ccccc3)cc(C(F)(F)F)c2=O)cs1. The van der Waals surface area contributed by atoms with Crippen LogP contribution in [0, 0.1) is 0 Å². The summed E-state index contributed by atoms with van der Waals surface area (Å²) in [6, 6.07) is 9.92. The van der Waals surface area contributed by atoms with Gasteiger partial charge < -0.3 is 4.74 Å². The first kappa shape index (κ1) is 20.5. The highest BCUT2D eigenvalue weighted by molar-refractivity contribution is 7.12. The Morgan fingerprint density at radius 3 is 2.48 bits per heavy atom. The highest BCUT2D eigenvalue weighted by atomic mass is 32.1. The predicted octanol–water partition coefficient (Wildman–Crippen LogP) is 3.66. The normalized spacial score (nSPS) is 11.3. The van der Waals surface area contributed by atoms with E-state index in [4.69, 9.17) is 0 Å². The summed E-state index contributed by atoms with van der Waals surface area (Å²) in [5.41, 5.74) is -2.50. The van der Waals surface area contributed by atoms with E-state index >= 15 is 0 Å². The van der Waals surface area contributed by atoms with Gasteiger partial charge in [0, 0.05) is 16.5 Å². The number of aromatic nitrogens is 2. The molecule has 2 aromatic heterocycles. The Balaban J connectivity index is 2.02. The van der Waals surface area contributed by atoms with Gasteiger partial charge in [-0.3, -0.25) is 9.59 Å². The molecule has 1 aromatic carbocycles. The Bertz CT molecular complexity index is 1120. The van der Waals surface area contributed by atoms with Gasteiger partial charge in [0.25, 0.3) is 5.56 Å². The van der Waals surface area contributed by atoms with Crippen LogP contribution in [-0.2, 0) is 17.5 Å². The van der Waals surface area contributed by atoms with Crippen molar-refractivity contribution >= 4 is 23.1 Å². The van der Waals surface area contributed by atoms with Crippen LogP contribution in [0.5, 0.6) is 0 Å². The first-order valence-electron chi connectivity index (χ1n) is 8.15. The number of hydrogen-bond acceptors (Lipinski definition) is 6. The van der Waals surface area contributed by atoms with Gasteiger partial charge in [0.15, 0.2) is 5.78 Å². The van der Waals surface area contributed by atoms with E-state index in [0.29, 0.717) is 16.3 Å². The minimum absolute atomic E-state index is 0.0720. The Morgan fingerprint density at radius 2 is 1.86 bits per heavy atom. The van der Waals surface area contributed by atoms with Gasteiger partial charge in [-0.2, -0.15) is 18.3 Å². The van der Waals surface area contributed by atoms with Gasteiger partial charge in [0.1, 0.15) is 17.0 Å². The molecule has 29 heavy (non-hydrogen) atoms. The first-order chi connectivity index (χ1) is 13.7. The summed E-state index contributed by atoms with van der Waals surface area (Å²) in [6.45, 7) is -0.708. The topological polar surface area (TPSA) is 78.3 Å². The number of carbonyl (C=O) groups excluding carboxylic acids is 2. The van der Waals surface area contributed by atoms with Crippen LogP contribution in [0.4, 0.5) is 13.2 Å². The largest absolute Gasteiger partial charge is 0.465 e. The third kappa shape index (κ3) is 4.43. The van der Waals surface area contributed by atoms with Gasteiger partial charge in [-0.05, 0) is 12.1 Å². The lowest BCUT2D eigenvalue weighted by atomic mass is 10.1. The number of esters is 1. The maximum atomic E-state index is 13.3. The Morgan fingerprint density at radius 1 is 1.17 bits per heavy atom. The molecule has 150 valence electrons. The fraction of sp³-hybridized carbons (Fsp3) is 0.158. The lowest BCUT2D eigenvalue weighted by Crippen LogP contribution is -2.33. The Hall–Kier alpha value is -3.27. The van der Waals surface area contributed by atoms with Crippen LogP contribution in [0.15, 0.2) is 52.6 Å². The molecule has 6 nitrogen and oxygen atoms in total. The van der Waals surface area contributed by atoms with Crippen LogP contribution >= 0.6 is 11.3 Å². The summed E-state index contributed by atoms with van der Waals surface area (Å²) in [4.78, 5) is 36.4. The number of ketones is 1. The van der Waals surface area contributed by atoms with Crippen molar-refractivity contribution in [3.63, 3.8) is 0 Å². The van der Waals surface area contributed by atoms with E-state index in [0.717, 1.165) is 11.3 Å². The number of halogens is 3. The van der Waals surface area contributed by atoms with Crippen molar-refractivity contribution in [3.05, 3.63) is 74.2 Å². The molecular weight excluding hydrogens is 409 g/mol. The second-order valence-electron chi connectivity index (χ2n) is 5.88. The molecule has 0 saturated heterocycles. The zero-order valence-electron chi connectivity index (χ0n) is 14.9. The molecule has 0 aliphatic rings. The molecule has 0 bridgehead atoms. The number of ether oxygens (including phenoxy) is 1. The van der Waals surface area contributed by atoms with Crippen LogP contribution in [0.2, 0.25) is 0 Å². The molecule has 2 heterocycles. The Labute approximate surface area is 166 Å². The maximum absolute atomic E-state index is 13.3.